The molecule has 1 aromatic carbocycles. The molecule has 0 aliphatic heterocycles. The second-order valence-corrected chi connectivity index (χ2v) is 4.72. The van der Waals surface area contributed by atoms with Crippen LogP contribution in [0.5, 0.6) is 0 Å². The molecule has 0 saturated heterocycles. The predicted octanol–water partition coefficient (Wildman–Crippen LogP) is 2.42. The Morgan fingerprint density at radius 2 is 1.95 bits per heavy atom. The molecular weight excluding hydrogens is 250 g/mol. The van der Waals surface area contributed by atoms with Crippen LogP contribution in [0.4, 0.5) is 0 Å². The maximum Gasteiger partial charge on any atom is 0.274 e. The van der Waals surface area contributed by atoms with E-state index in [1.54, 1.807) is 17.1 Å². The molecule has 0 N–H and O–H groups in total. The first-order chi connectivity index (χ1) is 9.84. The number of hydrogen-bond donors (Lipinski definition) is 0. The van der Waals surface area contributed by atoms with E-state index in [9.17, 15) is 4.79 Å². The lowest BCUT2D eigenvalue weighted by atomic mass is 10.1. The second-order valence-electron chi connectivity index (χ2n) is 4.72. The Bertz CT molecular complexity index is 765. The first kappa shape index (κ1) is 12.5. The second kappa shape index (κ2) is 5.65. The Morgan fingerprint density at radius 1 is 1.05 bits per heavy atom. The van der Waals surface area contributed by atoms with Gasteiger partial charge in [-0.3, -0.25) is 9.78 Å². The highest BCUT2D eigenvalue weighted by Crippen LogP contribution is 2.07. The number of fused-ring (bicyclic) bond motifs is 1. The first-order valence-electron chi connectivity index (χ1n) is 6.68. The number of pyridine rings is 1. The van der Waals surface area contributed by atoms with Gasteiger partial charge in [-0.1, -0.05) is 24.3 Å². The number of nitrogens with zero attached hydrogens (tertiary/aromatic N) is 3. The van der Waals surface area contributed by atoms with Gasteiger partial charge < -0.3 is 0 Å². The summed E-state index contributed by atoms with van der Waals surface area (Å²) in [6.07, 6.45) is 7.14. The lowest BCUT2D eigenvalue weighted by Gasteiger charge is -2.05. The van der Waals surface area contributed by atoms with Crippen molar-refractivity contribution in [1.82, 2.24) is 14.8 Å². The minimum atomic E-state index is -0.0192. The summed E-state index contributed by atoms with van der Waals surface area (Å²) >= 11 is 0. The zero-order valence-corrected chi connectivity index (χ0v) is 11.1. The van der Waals surface area contributed by atoms with E-state index < -0.39 is 0 Å². The van der Waals surface area contributed by atoms with Crippen LogP contribution in [-0.2, 0) is 13.0 Å². The zero-order valence-electron chi connectivity index (χ0n) is 11.1. The van der Waals surface area contributed by atoms with Crippen LogP contribution >= 0.6 is 0 Å². The molecule has 2 heterocycles. The van der Waals surface area contributed by atoms with Crippen LogP contribution in [0.2, 0.25) is 0 Å². The summed E-state index contributed by atoms with van der Waals surface area (Å²) in [5.74, 6) is 0. The van der Waals surface area contributed by atoms with E-state index in [1.807, 2.05) is 42.6 Å². The fourth-order valence-electron chi connectivity index (χ4n) is 2.27. The van der Waals surface area contributed by atoms with Crippen molar-refractivity contribution in [2.75, 3.05) is 0 Å². The lowest BCUT2D eigenvalue weighted by Crippen LogP contribution is -2.23. The summed E-state index contributed by atoms with van der Waals surface area (Å²) in [4.78, 5) is 16.3. The van der Waals surface area contributed by atoms with E-state index >= 15 is 0 Å². The minimum absolute atomic E-state index is 0.0192. The molecule has 0 amide bonds. The fourth-order valence-corrected chi connectivity index (χ4v) is 2.27. The molecule has 4 heteroatoms. The normalized spacial score (nSPS) is 10.8. The molecule has 4 nitrogen and oxygen atoms in total. The average molecular weight is 265 g/mol. The smallest absolute Gasteiger partial charge is 0.267 e. The summed E-state index contributed by atoms with van der Waals surface area (Å²) in [6.45, 7) is 0.624. The van der Waals surface area contributed by atoms with Crippen molar-refractivity contribution >= 4 is 10.8 Å². The van der Waals surface area contributed by atoms with Gasteiger partial charge in [0.05, 0.1) is 11.6 Å². The van der Waals surface area contributed by atoms with Crippen LogP contribution in [0.3, 0.4) is 0 Å². The van der Waals surface area contributed by atoms with Gasteiger partial charge in [-0.25, -0.2) is 4.68 Å². The Hall–Kier alpha value is -2.49. The van der Waals surface area contributed by atoms with Gasteiger partial charge in [0.1, 0.15) is 0 Å². The molecule has 20 heavy (non-hydrogen) atoms. The summed E-state index contributed by atoms with van der Waals surface area (Å²) in [6, 6.07) is 11.5. The Labute approximate surface area is 116 Å². The van der Waals surface area contributed by atoms with E-state index in [4.69, 9.17) is 0 Å². The molecule has 3 rings (SSSR count). The highest BCUT2D eigenvalue weighted by atomic mass is 16.1. The van der Waals surface area contributed by atoms with Crippen LogP contribution < -0.4 is 5.56 Å². The Kier molecular flexibility index (Phi) is 3.54. The van der Waals surface area contributed by atoms with E-state index in [2.05, 4.69) is 10.1 Å². The third kappa shape index (κ3) is 2.59. The van der Waals surface area contributed by atoms with E-state index in [1.165, 1.54) is 5.56 Å². The van der Waals surface area contributed by atoms with Crippen LogP contribution in [0.1, 0.15) is 12.0 Å². The number of aryl methyl sites for hydroxylation is 2. The molecule has 0 radical (unpaired) electrons. The zero-order chi connectivity index (χ0) is 13.8. The molecule has 2 aromatic heterocycles. The van der Waals surface area contributed by atoms with Gasteiger partial charge >= 0.3 is 0 Å². The minimum Gasteiger partial charge on any atom is -0.267 e. The summed E-state index contributed by atoms with van der Waals surface area (Å²) < 4.78 is 1.54. The molecule has 0 saturated carbocycles. The van der Waals surface area contributed by atoms with Crippen molar-refractivity contribution in [3.05, 3.63) is 70.9 Å². The summed E-state index contributed by atoms with van der Waals surface area (Å²) in [7, 11) is 0. The van der Waals surface area contributed by atoms with Gasteiger partial charge in [-0.05, 0) is 30.5 Å². The van der Waals surface area contributed by atoms with Gasteiger partial charge in [-0.2, -0.15) is 5.10 Å². The third-order valence-corrected chi connectivity index (χ3v) is 3.32. The van der Waals surface area contributed by atoms with Gasteiger partial charge in [-0.15, -0.1) is 0 Å². The standard InChI is InChI=1S/C16H15N3O/c20-16-15-8-2-1-7-14(15)12-18-19(16)10-4-6-13-5-3-9-17-11-13/h1-3,5,7-9,11-12H,4,6,10H2. The van der Waals surface area contributed by atoms with Crippen LogP contribution in [0.25, 0.3) is 10.8 Å². The van der Waals surface area contributed by atoms with Gasteiger partial charge in [0, 0.05) is 24.3 Å². The molecule has 100 valence electrons. The van der Waals surface area contributed by atoms with Crippen molar-refractivity contribution in [2.24, 2.45) is 0 Å². The van der Waals surface area contributed by atoms with Gasteiger partial charge in [0.2, 0.25) is 0 Å². The maximum absolute atomic E-state index is 12.3. The van der Waals surface area contributed by atoms with Crippen molar-refractivity contribution in [2.45, 2.75) is 19.4 Å². The van der Waals surface area contributed by atoms with Gasteiger partial charge in [0.15, 0.2) is 0 Å². The largest absolute Gasteiger partial charge is 0.274 e. The number of benzene rings is 1. The van der Waals surface area contributed by atoms with Crippen LogP contribution in [-0.4, -0.2) is 14.8 Å². The van der Waals surface area contributed by atoms with Crippen molar-refractivity contribution < 1.29 is 0 Å². The summed E-state index contributed by atoms with van der Waals surface area (Å²) in [5, 5.41) is 5.84. The van der Waals surface area contributed by atoms with E-state index in [0.29, 0.717) is 6.54 Å². The highest BCUT2D eigenvalue weighted by Gasteiger charge is 2.03. The number of aromatic nitrogens is 3. The Balaban J connectivity index is 1.75. The lowest BCUT2D eigenvalue weighted by molar-refractivity contribution is 0.553. The predicted molar refractivity (Wildman–Crippen MR) is 78.6 cm³/mol. The van der Waals surface area contributed by atoms with Crippen molar-refractivity contribution in [1.29, 1.82) is 0 Å². The molecular formula is C16H15N3O. The molecule has 3 aromatic rings. The fraction of sp³-hybridized carbons (Fsp3) is 0.188. The summed E-state index contributed by atoms with van der Waals surface area (Å²) in [5.41, 5.74) is 1.16. The topological polar surface area (TPSA) is 47.8 Å². The third-order valence-electron chi connectivity index (χ3n) is 3.32. The van der Waals surface area contributed by atoms with E-state index in [0.717, 1.165) is 23.6 Å². The van der Waals surface area contributed by atoms with E-state index in [-0.39, 0.29) is 5.56 Å². The first-order valence-corrected chi connectivity index (χ1v) is 6.68. The number of rotatable bonds is 4. The maximum atomic E-state index is 12.3. The molecule has 0 aliphatic carbocycles. The number of hydrogen-bond acceptors (Lipinski definition) is 3. The SMILES string of the molecule is O=c1c2ccccc2cnn1CCCc1cccnc1. The monoisotopic (exact) mass is 265 g/mol. The molecule has 0 fully saturated rings. The quantitative estimate of drug-likeness (QED) is 0.728. The molecule has 0 spiro atoms. The molecule has 0 aliphatic rings. The molecule has 0 atom stereocenters. The molecule has 0 bridgehead atoms. The van der Waals surface area contributed by atoms with Gasteiger partial charge in [0.25, 0.3) is 5.56 Å². The highest BCUT2D eigenvalue weighted by molar-refractivity contribution is 5.80. The van der Waals surface area contributed by atoms with Crippen LogP contribution in [0, 0.1) is 0 Å². The van der Waals surface area contributed by atoms with Crippen LogP contribution in [0.15, 0.2) is 59.8 Å². The van der Waals surface area contributed by atoms with Crippen molar-refractivity contribution in [3.8, 4) is 0 Å². The Morgan fingerprint density at radius 3 is 2.80 bits per heavy atom. The average Bonchev–Trinajstić information content (AvgIpc) is 2.51. The van der Waals surface area contributed by atoms with Crippen molar-refractivity contribution in [3.63, 3.8) is 0 Å². The molecule has 0 unspecified atom stereocenters.